The van der Waals surface area contributed by atoms with Crippen molar-refractivity contribution in [2.45, 2.75) is 6.18 Å². The molecule has 5 nitrogen and oxygen atoms in total. The molecular formula is C15H15F3N4O. The van der Waals surface area contributed by atoms with Gasteiger partial charge in [0.1, 0.15) is 17.3 Å². The zero-order valence-corrected chi connectivity index (χ0v) is 12.2. The minimum Gasteiger partial charge on any atom is -0.355 e. The highest BCUT2D eigenvalue weighted by Gasteiger charge is 2.33. The van der Waals surface area contributed by atoms with E-state index in [-0.39, 0.29) is 5.56 Å². The quantitative estimate of drug-likeness (QED) is 0.919. The van der Waals surface area contributed by atoms with E-state index in [9.17, 15) is 18.0 Å². The molecule has 1 fully saturated rings. The van der Waals surface area contributed by atoms with E-state index in [1.165, 1.54) is 12.1 Å². The number of H-pyrrole nitrogens is 1. The Morgan fingerprint density at radius 3 is 2.26 bits per heavy atom. The van der Waals surface area contributed by atoms with Crippen LogP contribution in [0.25, 0.3) is 0 Å². The molecule has 8 heteroatoms. The maximum Gasteiger partial charge on any atom is 0.433 e. The first-order chi connectivity index (χ1) is 10.9. The lowest BCUT2D eigenvalue weighted by Gasteiger charge is -2.36. The van der Waals surface area contributed by atoms with E-state index < -0.39 is 11.9 Å². The van der Waals surface area contributed by atoms with E-state index in [0.717, 1.165) is 6.07 Å². The molecule has 1 N–H and O–H groups in total. The third kappa shape index (κ3) is 3.46. The van der Waals surface area contributed by atoms with Gasteiger partial charge in [0, 0.05) is 32.2 Å². The summed E-state index contributed by atoms with van der Waals surface area (Å²) >= 11 is 0. The fourth-order valence-corrected chi connectivity index (χ4v) is 2.55. The molecule has 0 aromatic carbocycles. The topological polar surface area (TPSA) is 52.2 Å². The molecule has 0 saturated carbocycles. The number of anilines is 2. The number of hydrogen-bond donors (Lipinski definition) is 1. The molecule has 2 aromatic heterocycles. The number of piperazine rings is 1. The lowest BCUT2D eigenvalue weighted by molar-refractivity contribution is -0.141. The van der Waals surface area contributed by atoms with Crippen LogP contribution in [0.1, 0.15) is 5.69 Å². The Balaban J connectivity index is 1.71. The first-order valence-electron chi connectivity index (χ1n) is 7.17. The first-order valence-corrected chi connectivity index (χ1v) is 7.17. The summed E-state index contributed by atoms with van der Waals surface area (Å²) in [7, 11) is 0. The third-order valence-electron chi connectivity index (χ3n) is 3.72. The number of rotatable bonds is 2. The molecule has 0 unspecified atom stereocenters. The summed E-state index contributed by atoms with van der Waals surface area (Å²) in [6.07, 6.45) is -4.44. The van der Waals surface area contributed by atoms with Crippen LogP contribution in [-0.4, -0.2) is 36.1 Å². The Morgan fingerprint density at radius 1 is 0.957 bits per heavy atom. The maximum atomic E-state index is 12.7. The van der Waals surface area contributed by atoms with Crippen molar-refractivity contribution < 1.29 is 13.2 Å². The van der Waals surface area contributed by atoms with Gasteiger partial charge in [-0.3, -0.25) is 4.79 Å². The Labute approximate surface area is 130 Å². The van der Waals surface area contributed by atoms with Crippen LogP contribution in [0.3, 0.4) is 0 Å². The zero-order valence-electron chi connectivity index (χ0n) is 12.2. The van der Waals surface area contributed by atoms with E-state index in [1.54, 1.807) is 18.2 Å². The van der Waals surface area contributed by atoms with Gasteiger partial charge in [0.25, 0.3) is 0 Å². The van der Waals surface area contributed by atoms with Gasteiger partial charge >= 0.3 is 6.18 Å². The molecule has 0 amide bonds. The van der Waals surface area contributed by atoms with Crippen LogP contribution in [0.15, 0.2) is 41.2 Å². The van der Waals surface area contributed by atoms with Crippen LogP contribution in [0.2, 0.25) is 0 Å². The van der Waals surface area contributed by atoms with Gasteiger partial charge in [0.2, 0.25) is 5.56 Å². The summed E-state index contributed by atoms with van der Waals surface area (Å²) < 4.78 is 38.2. The summed E-state index contributed by atoms with van der Waals surface area (Å²) in [5.74, 6) is 1.04. The van der Waals surface area contributed by atoms with Crippen molar-refractivity contribution >= 4 is 11.6 Å². The maximum absolute atomic E-state index is 12.7. The van der Waals surface area contributed by atoms with Crippen LogP contribution in [0.4, 0.5) is 24.8 Å². The van der Waals surface area contributed by atoms with Crippen molar-refractivity contribution in [2.75, 3.05) is 36.0 Å². The molecule has 23 heavy (non-hydrogen) atoms. The standard InChI is InChI=1S/C15H15F3N4O/c16-15(17,18)11-3-1-4-12(19-11)21-7-9-22(10-8-21)13-5-2-6-14(23)20-13/h1-6H,7-10H2,(H,20,23). The predicted molar refractivity (Wildman–Crippen MR) is 80.7 cm³/mol. The summed E-state index contributed by atoms with van der Waals surface area (Å²) in [6.45, 7) is 2.26. The Morgan fingerprint density at radius 2 is 1.61 bits per heavy atom. The average molecular weight is 324 g/mol. The Hall–Kier alpha value is -2.51. The highest BCUT2D eigenvalue weighted by Crippen LogP contribution is 2.29. The summed E-state index contributed by atoms with van der Waals surface area (Å²) in [4.78, 5) is 21.6. The van der Waals surface area contributed by atoms with E-state index in [4.69, 9.17) is 0 Å². The van der Waals surface area contributed by atoms with Gasteiger partial charge in [-0.05, 0) is 18.2 Å². The van der Waals surface area contributed by atoms with E-state index in [0.29, 0.717) is 37.8 Å². The lowest BCUT2D eigenvalue weighted by atomic mass is 10.2. The highest BCUT2D eigenvalue weighted by atomic mass is 19.4. The number of hydrogen-bond acceptors (Lipinski definition) is 4. The molecule has 0 aliphatic carbocycles. The third-order valence-corrected chi connectivity index (χ3v) is 3.72. The van der Waals surface area contributed by atoms with Crippen molar-refractivity contribution in [1.29, 1.82) is 0 Å². The second kappa shape index (κ2) is 5.94. The number of aromatic amines is 1. The summed E-state index contributed by atoms with van der Waals surface area (Å²) in [5.41, 5.74) is -1.06. The van der Waals surface area contributed by atoms with Gasteiger partial charge in [-0.1, -0.05) is 12.1 Å². The Bertz CT molecular complexity index is 736. The van der Waals surface area contributed by atoms with Crippen molar-refractivity contribution in [2.24, 2.45) is 0 Å². The second-order valence-corrected chi connectivity index (χ2v) is 5.25. The number of nitrogens with one attached hydrogen (secondary N) is 1. The molecule has 1 aliphatic rings. The molecule has 122 valence electrons. The summed E-state index contributed by atoms with van der Waals surface area (Å²) in [5, 5.41) is 0. The normalized spacial score (nSPS) is 15.8. The van der Waals surface area contributed by atoms with Gasteiger partial charge in [0.05, 0.1) is 0 Å². The number of pyridine rings is 2. The zero-order chi connectivity index (χ0) is 16.4. The first kappa shape index (κ1) is 15.4. The molecule has 1 aliphatic heterocycles. The van der Waals surface area contributed by atoms with Crippen molar-refractivity contribution in [3.8, 4) is 0 Å². The molecule has 1 saturated heterocycles. The molecule has 0 atom stereocenters. The van der Waals surface area contributed by atoms with Gasteiger partial charge in [-0.2, -0.15) is 13.2 Å². The summed E-state index contributed by atoms with van der Waals surface area (Å²) in [6, 6.07) is 8.83. The average Bonchev–Trinajstić information content (AvgIpc) is 2.54. The van der Waals surface area contributed by atoms with Crippen molar-refractivity contribution in [3.05, 3.63) is 52.4 Å². The fraction of sp³-hybridized carbons (Fsp3) is 0.333. The van der Waals surface area contributed by atoms with Crippen molar-refractivity contribution in [1.82, 2.24) is 9.97 Å². The lowest BCUT2D eigenvalue weighted by Crippen LogP contribution is -2.47. The minimum absolute atomic E-state index is 0.176. The van der Waals surface area contributed by atoms with E-state index >= 15 is 0 Å². The largest absolute Gasteiger partial charge is 0.433 e. The van der Waals surface area contributed by atoms with Gasteiger partial charge in [-0.15, -0.1) is 0 Å². The van der Waals surface area contributed by atoms with Crippen LogP contribution in [0, 0.1) is 0 Å². The molecule has 2 aromatic rings. The van der Waals surface area contributed by atoms with E-state index in [1.807, 2.05) is 9.80 Å². The minimum atomic E-state index is -4.44. The number of nitrogens with zero attached hydrogens (tertiary/aromatic N) is 3. The van der Waals surface area contributed by atoms with Crippen LogP contribution < -0.4 is 15.4 Å². The van der Waals surface area contributed by atoms with Gasteiger partial charge in [-0.25, -0.2) is 4.98 Å². The molecule has 0 spiro atoms. The van der Waals surface area contributed by atoms with Crippen LogP contribution >= 0.6 is 0 Å². The molecule has 3 heterocycles. The van der Waals surface area contributed by atoms with Crippen LogP contribution in [-0.2, 0) is 6.18 Å². The molecular weight excluding hydrogens is 309 g/mol. The van der Waals surface area contributed by atoms with Gasteiger partial charge < -0.3 is 14.8 Å². The molecule has 3 rings (SSSR count). The second-order valence-electron chi connectivity index (χ2n) is 5.25. The fourth-order valence-electron chi connectivity index (χ4n) is 2.55. The smallest absolute Gasteiger partial charge is 0.355 e. The van der Waals surface area contributed by atoms with Crippen LogP contribution in [0.5, 0.6) is 0 Å². The van der Waals surface area contributed by atoms with Gasteiger partial charge in [0.15, 0.2) is 0 Å². The molecule has 0 radical (unpaired) electrons. The Kier molecular flexibility index (Phi) is 3.97. The highest BCUT2D eigenvalue weighted by molar-refractivity contribution is 5.45. The number of alkyl halides is 3. The van der Waals surface area contributed by atoms with E-state index in [2.05, 4.69) is 9.97 Å². The number of aromatic nitrogens is 2. The number of halogens is 3. The SMILES string of the molecule is O=c1cccc(N2CCN(c3cccc(C(F)(F)F)n3)CC2)[nH]1. The monoisotopic (exact) mass is 324 g/mol. The van der Waals surface area contributed by atoms with Crippen molar-refractivity contribution in [3.63, 3.8) is 0 Å². The predicted octanol–water partition coefficient (Wildman–Crippen LogP) is 2.12. The molecule has 0 bridgehead atoms.